The van der Waals surface area contributed by atoms with Crippen molar-refractivity contribution in [1.29, 1.82) is 0 Å². The maximum Gasteiger partial charge on any atom is 0.252 e. The van der Waals surface area contributed by atoms with Gasteiger partial charge in [0.15, 0.2) is 11.5 Å². The Labute approximate surface area is 224 Å². The molecule has 1 aromatic heterocycles. The summed E-state index contributed by atoms with van der Waals surface area (Å²) in [5.41, 5.74) is 3.34. The molecule has 3 aromatic carbocycles. The fourth-order valence-electron chi connectivity index (χ4n) is 4.41. The lowest BCUT2D eigenvalue weighted by molar-refractivity contribution is 0.0955. The molecule has 38 heavy (non-hydrogen) atoms. The van der Waals surface area contributed by atoms with Crippen LogP contribution in [0, 0.1) is 0 Å². The van der Waals surface area contributed by atoms with Crippen LogP contribution in [0.2, 0.25) is 0 Å². The summed E-state index contributed by atoms with van der Waals surface area (Å²) in [7, 11) is 3.20. The van der Waals surface area contributed by atoms with Gasteiger partial charge in [-0.25, -0.2) is 4.98 Å². The van der Waals surface area contributed by atoms with Crippen molar-refractivity contribution >= 4 is 34.0 Å². The van der Waals surface area contributed by atoms with Gasteiger partial charge in [0, 0.05) is 42.5 Å². The first-order valence-corrected chi connectivity index (χ1v) is 13.1. The number of anilines is 3. The summed E-state index contributed by atoms with van der Waals surface area (Å²) in [6, 6.07) is 25.5. The lowest BCUT2D eigenvalue weighted by Gasteiger charge is -2.25. The molecule has 0 fully saturated rings. The molecule has 0 saturated heterocycles. The maximum atomic E-state index is 13.3. The Morgan fingerprint density at radius 1 is 0.868 bits per heavy atom. The summed E-state index contributed by atoms with van der Waals surface area (Å²) in [6.07, 6.45) is 3.14. The Kier molecular flexibility index (Phi) is 9.40. The smallest absolute Gasteiger partial charge is 0.252 e. The standard InChI is InChI=1S/C31H36N4O3/c1-4-5-19-35(24-12-7-6-8-13-24)20-11-18-32-31(36)26-22-30(34-27-15-10-9-14-25(26)27)33-23-16-17-28(37-2)29(21-23)38-3/h6-10,12-17,21-22H,4-5,11,18-20H2,1-3H3,(H,32,36)(H,33,34). The normalized spacial score (nSPS) is 10.7. The molecule has 2 N–H and O–H groups in total. The Hall–Kier alpha value is -4.26. The summed E-state index contributed by atoms with van der Waals surface area (Å²) in [5, 5.41) is 7.24. The van der Waals surface area contributed by atoms with Crippen LogP contribution in [0.5, 0.6) is 11.5 Å². The average molecular weight is 513 g/mol. The van der Waals surface area contributed by atoms with Gasteiger partial charge < -0.3 is 25.0 Å². The van der Waals surface area contributed by atoms with Gasteiger partial charge >= 0.3 is 0 Å². The minimum absolute atomic E-state index is 0.112. The van der Waals surface area contributed by atoms with Crippen LogP contribution in [0.25, 0.3) is 10.9 Å². The number of para-hydroxylation sites is 2. The highest BCUT2D eigenvalue weighted by Gasteiger charge is 2.14. The number of carbonyl (C=O) groups excluding carboxylic acids is 1. The van der Waals surface area contributed by atoms with E-state index in [0.29, 0.717) is 29.4 Å². The number of methoxy groups -OCH3 is 2. The average Bonchev–Trinajstić information content (AvgIpc) is 2.96. The molecule has 0 radical (unpaired) electrons. The van der Waals surface area contributed by atoms with Crippen molar-refractivity contribution in [2.75, 3.05) is 44.1 Å². The Morgan fingerprint density at radius 2 is 1.61 bits per heavy atom. The van der Waals surface area contributed by atoms with E-state index in [2.05, 4.69) is 46.7 Å². The number of benzene rings is 3. The van der Waals surface area contributed by atoms with E-state index in [1.807, 2.05) is 48.5 Å². The minimum Gasteiger partial charge on any atom is -0.493 e. The van der Waals surface area contributed by atoms with Crippen LogP contribution in [-0.2, 0) is 0 Å². The first kappa shape index (κ1) is 26.8. The van der Waals surface area contributed by atoms with Crippen molar-refractivity contribution in [1.82, 2.24) is 10.3 Å². The number of nitrogens with zero attached hydrogens (tertiary/aromatic N) is 2. The Morgan fingerprint density at radius 3 is 2.37 bits per heavy atom. The molecule has 7 heteroatoms. The van der Waals surface area contributed by atoms with E-state index in [9.17, 15) is 4.79 Å². The van der Waals surface area contributed by atoms with E-state index in [-0.39, 0.29) is 5.91 Å². The van der Waals surface area contributed by atoms with Gasteiger partial charge in [-0.15, -0.1) is 0 Å². The molecule has 0 spiro atoms. The number of nitrogens with one attached hydrogen (secondary N) is 2. The second-order valence-electron chi connectivity index (χ2n) is 9.05. The number of amides is 1. The number of pyridine rings is 1. The van der Waals surface area contributed by atoms with Crippen molar-refractivity contribution < 1.29 is 14.3 Å². The number of hydrogen-bond donors (Lipinski definition) is 2. The highest BCUT2D eigenvalue weighted by atomic mass is 16.5. The quantitative estimate of drug-likeness (QED) is 0.201. The molecule has 0 aliphatic carbocycles. The number of rotatable bonds is 13. The summed E-state index contributed by atoms with van der Waals surface area (Å²) >= 11 is 0. The number of unbranched alkanes of at least 4 members (excludes halogenated alkanes) is 1. The van der Waals surface area contributed by atoms with Crippen molar-refractivity contribution in [3.8, 4) is 11.5 Å². The molecule has 4 aromatic rings. The zero-order valence-electron chi connectivity index (χ0n) is 22.4. The van der Waals surface area contributed by atoms with E-state index in [4.69, 9.17) is 14.5 Å². The van der Waals surface area contributed by atoms with Gasteiger partial charge in [0.05, 0.1) is 25.3 Å². The molecule has 0 aliphatic heterocycles. The van der Waals surface area contributed by atoms with E-state index >= 15 is 0 Å². The van der Waals surface area contributed by atoms with Crippen LogP contribution in [-0.4, -0.2) is 44.7 Å². The first-order valence-electron chi connectivity index (χ1n) is 13.1. The third-order valence-electron chi connectivity index (χ3n) is 6.41. The highest BCUT2D eigenvalue weighted by Crippen LogP contribution is 2.31. The second kappa shape index (κ2) is 13.3. The van der Waals surface area contributed by atoms with Crippen molar-refractivity contribution in [2.24, 2.45) is 0 Å². The lowest BCUT2D eigenvalue weighted by atomic mass is 10.1. The van der Waals surface area contributed by atoms with Gasteiger partial charge in [-0.1, -0.05) is 49.7 Å². The molecular formula is C31H36N4O3. The molecule has 0 atom stereocenters. The highest BCUT2D eigenvalue weighted by molar-refractivity contribution is 6.07. The first-order chi connectivity index (χ1) is 18.6. The van der Waals surface area contributed by atoms with E-state index in [0.717, 1.165) is 48.9 Å². The summed E-state index contributed by atoms with van der Waals surface area (Å²) < 4.78 is 10.7. The largest absolute Gasteiger partial charge is 0.493 e. The van der Waals surface area contributed by atoms with Gasteiger partial charge in [-0.2, -0.15) is 0 Å². The van der Waals surface area contributed by atoms with Gasteiger partial charge in [-0.3, -0.25) is 4.79 Å². The molecule has 0 aliphatic rings. The fourth-order valence-corrected chi connectivity index (χ4v) is 4.41. The van der Waals surface area contributed by atoms with Gasteiger partial charge in [0.25, 0.3) is 5.91 Å². The molecule has 1 amide bonds. The molecule has 0 bridgehead atoms. The van der Waals surface area contributed by atoms with Crippen molar-refractivity contribution in [2.45, 2.75) is 26.2 Å². The zero-order valence-corrected chi connectivity index (χ0v) is 22.4. The predicted octanol–water partition coefficient (Wildman–Crippen LogP) is 6.42. The molecule has 0 saturated carbocycles. The lowest BCUT2D eigenvalue weighted by Crippen LogP contribution is -2.30. The van der Waals surface area contributed by atoms with Crippen LogP contribution in [0.15, 0.2) is 78.9 Å². The summed E-state index contributed by atoms with van der Waals surface area (Å²) in [5.74, 6) is 1.72. The molecule has 0 unspecified atom stereocenters. The Balaban J connectivity index is 1.46. The van der Waals surface area contributed by atoms with Crippen LogP contribution in [0.3, 0.4) is 0 Å². The summed E-state index contributed by atoms with van der Waals surface area (Å²) in [6.45, 7) is 4.68. The maximum absolute atomic E-state index is 13.3. The van der Waals surface area contributed by atoms with E-state index in [1.165, 1.54) is 5.69 Å². The van der Waals surface area contributed by atoms with Crippen LogP contribution >= 0.6 is 0 Å². The third kappa shape index (κ3) is 6.73. The number of fused-ring (bicyclic) bond motifs is 1. The number of ether oxygens (including phenoxy) is 2. The monoisotopic (exact) mass is 512 g/mol. The second-order valence-corrected chi connectivity index (χ2v) is 9.05. The van der Waals surface area contributed by atoms with Gasteiger partial charge in [0.1, 0.15) is 5.82 Å². The predicted molar refractivity (Wildman–Crippen MR) is 155 cm³/mol. The van der Waals surface area contributed by atoms with Crippen LogP contribution in [0.1, 0.15) is 36.5 Å². The molecule has 1 heterocycles. The van der Waals surface area contributed by atoms with Gasteiger partial charge in [-0.05, 0) is 49.2 Å². The molecule has 198 valence electrons. The van der Waals surface area contributed by atoms with Crippen molar-refractivity contribution in [3.05, 3.63) is 84.4 Å². The Bertz CT molecular complexity index is 1340. The number of aromatic nitrogens is 1. The summed E-state index contributed by atoms with van der Waals surface area (Å²) in [4.78, 5) is 20.4. The van der Waals surface area contributed by atoms with E-state index in [1.54, 1.807) is 20.3 Å². The topological polar surface area (TPSA) is 75.7 Å². The molecule has 4 rings (SSSR count). The fraction of sp³-hybridized carbons (Fsp3) is 0.290. The van der Waals surface area contributed by atoms with Crippen LogP contribution in [0.4, 0.5) is 17.2 Å². The van der Waals surface area contributed by atoms with Crippen molar-refractivity contribution in [3.63, 3.8) is 0 Å². The van der Waals surface area contributed by atoms with Gasteiger partial charge in [0.2, 0.25) is 0 Å². The third-order valence-corrected chi connectivity index (χ3v) is 6.41. The number of hydrogen-bond acceptors (Lipinski definition) is 6. The number of carbonyl (C=O) groups is 1. The van der Waals surface area contributed by atoms with Crippen LogP contribution < -0.4 is 25.0 Å². The minimum atomic E-state index is -0.112. The SMILES string of the molecule is CCCCN(CCCNC(=O)c1cc(Nc2ccc(OC)c(OC)c2)nc2ccccc12)c1ccccc1. The zero-order chi connectivity index (χ0) is 26.7. The van der Waals surface area contributed by atoms with E-state index < -0.39 is 0 Å². The molecule has 7 nitrogen and oxygen atoms in total. The molecular weight excluding hydrogens is 476 g/mol.